The van der Waals surface area contributed by atoms with E-state index in [9.17, 15) is 4.79 Å². The number of hydrogen-bond donors (Lipinski definition) is 1. The molecule has 114 valence electrons. The van der Waals surface area contributed by atoms with E-state index in [0.29, 0.717) is 17.7 Å². The summed E-state index contributed by atoms with van der Waals surface area (Å²) in [5.74, 6) is 1.29. The van der Waals surface area contributed by atoms with Gasteiger partial charge in [-0.15, -0.1) is 22.9 Å². The first kappa shape index (κ1) is 15.3. The van der Waals surface area contributed by atoms with Crippen LogP contribution in [0.1, 0.15) is 22.7 Å². The van der Waals surface area contributed by atoms with E-state index in [4.69, 9.17) is 11.6 Å². The minimum Gasteiger partial charge on any atom is -0.310 e. The molecular formula is C17H17ClN2OS. The van der Waals surface area contributed by atoms with Crippen LogP contribution < -0.4 is 5.56 Å². The number of halogens is 1. The van der Waals surface area contributed by atoms with Crippen LogP contribution in [0.25, 0.3) is 21.3 Å². The van der Waals surface area contributed by atoms with Crippen LogP contribution in [-0.2, 0) is 6.42 Å². The summed E-state index contributed by atoms with van der Waals surface area (Å²) in [6.07, 6.45) is 1.51. The van der Waals surface area contributed by atoms with Crippen LogP contribution >= 0.6 is 22.9 Å². The standard InChI is InChI=1S/C17H17ClN2OS/c1-10-5-7-12(8-6-10)14-11(2)22-17-15(14)16(21)19-13(20-17)4-3-9-18/h5-8H,3-4,9H2,1-2H3,(H,19,20,21). The molecule has 0 fully saturated rings. The summed E-state index contributed by atoms with van der Waals surface area (Å²) in [4.78, 5) is 21.9. The fraction of sp³-hybridized carbons (Fsp3) is 0.294. The maximum atomic E-state index is 12.5. The highest BCUT2D eigenvalue weighted by Gasteiger charge is 2.16. The van der Waals surface area contributed by atoms with Crippen LogP contribution in [0.4, 0.5) is 0 Å². The first-order valence-electron chi connectivity index (χ1n) is 7.25. The van der Waals surface area contributed by atoms with Gasteiger partial charge in [-0.05, 0) is 25.8 Å². The number of fused-ring (bicyclic) bond motifs is 1. The number of rotatable bonds is 4. The third-order valence-electron chi connectivity index (χ3n) is 3.67. The quantitative estimate of drug-likeness (QED) is 0.718. The van der Waals surface area contributed by atoms with Gasteiger partial charge in [0.2, 0.25) is 0 Å². The van der Waals surface area contributed by atoms with Gasteiger partial charge in [-0.1, -0.05) is 29.8 Å². The van der Waals surface area contributed by atoms with Crippen molar-refractivity contribution < 1.29 is 0 Å². The zero-order valence-electron chi connectivity index (χ0n) is 12.6. The second-order valence-electron chi connectivity index (χ2n) is 5.38. The monoisotopic (exact) mass is 332 g/mol. The zero-order valence-corrected chi connectivity index (χ0v) is 14.1. The lowest BCUT2D eigenvalue weighted by Crippen LogP contribution is -2.11. The summed E-state index contributed by atoms with van der Waals surface area (Å²) < 4.78 is 0. The van der Waals surface area contributed by atoms with Crippen molar-refractivity contribution in [3.8, 4) is 11.1 Å². The van der Waals surface area contributed by atoms with Crippen molar-refractivity contribution in [2.75, 3.05) is 5.88 Å². The van der Waals surface area contributed by atoms with E-state index < -0.39 is 0 Å². The van der Waals surface area contributed by atoms with Crippen molar-refractivity contribution >= 4 is 33.2 Å². The molecule has 2 heterocycles. The van der Waals surface area contributed by atoms with Crippen LogP contribution in [0, 0.1) is 13.8 Å². The highest BCUT2D eigenvalue weighted by Crippen LogP contribution is 2.35. The first-order valence-corrected chi connectivity index (χ1v) is 8.60. The van der Waals surface area contributed by atoms with E-state index in [2.05, 4.69) is 41.2 Å². The molecule has 0 bridgehead atoms. The largest absolute Gasteiger partial charge is 0.310 e. The predicted molar refractivity (Wildman–Crippen MR) is 94.2 cm³/mol. The number of nitrogens with one attached hydrogen (secondary N) is 1. The lowest BCUT2D eigenvalue weighted by atomic mass is 10.0. The van der Waals surface area contributed by atoms with Gasteiger partial charge in [0.1, 0.15) is 10.7 Å². The van der Waals surface area contributed by atoms with Gasteiger partial charge < -0.3 is 4.98 Å². The van der Waals surface area contributed by atoms with E-state index in [1.54, 1.807) is 11.3 Å². The third kappa shape index (κ3) is 2.81. The van der Waals surface area contributed by atoms with E-state index in [-0.39, 0.29) is 5.56 Å². The highest BCUT2D eigenvalue weighted by molar-refractivity contribution is 7.19. The average molecular weight is 333 g/mol. The van der Waals surface area contributed by atoms with Crippen LogP contribution in [-0.4, -0.2) is 15.8 Å². The number of hydrogen-bond acceptors (Lipinski definition) is 3. The van der Waals surface area contributed by atoms with Gasteiger partial charge in [-0.25, -0.2) is 4.98 Å². The fourth-order valence-corrected chi connectivity index (χ4v) is 3.78. The molecule has 5 heteroatoms. The Kier molecular flexibility index (Phi) is 4.32. The Morgan fingerprint density at radius 1 is 1.23 bits per heavy atom. The number of nitrogens with zero attached hydrogens (tertiary/aromatic N) is 1. The van der Waals surface area contributed by atoms with Crippen molar-refractivity contribution in [1.82, 2.24) is 9.97 Å². The molecule has 0 unspecified atom stereocenters. The number of aromatic amines is 1. The number of aromatic nitrogens is 2. The molecule has 0 aliphatic heterocycles. The molecule has 0 saturated carbocycles. The number of alkyl halides is 1. The first-order chi connectivity index (χ1) is 10.6. The molecular weight excluding hydrogens is 316 g/mol. The number of benzene rings is 1. The van der Waals surface area contributed by atoms with Crippen molar-refractivity contribution in [2.45, 2.75) is 26.7 Å². The van der Waals surface area contributed by atoms with Crippen LogP contribution in [0.3, 0.4) is 0 Å². The molecule has 1 aromatic carbocycles. The van der Waals surface area contributed by atoms with Gasteiger partial charge in [0.05, 0.1) is 5.39 Å². The summed E-state index contributed by atoms with van der Waals surface area (Å²) in [5.41, 5.74) is 3.21. The van der Waals surface area contributed by atoms with Crippen molar-refractivity contribution in [3.63, 3.8) is 0 Å². The normalized spacial score (nSPS) is 11.2. The molecule has 1 N–H and O–H groups in total. The van der Waals surface area contributed by atoms with Gasteiger partial charge >= 0.3 is 0 Å². The Morgan fingerprint density at radius 3 is 2.64 bits per heavy atom. The number of thiophene rings is 1. The molecule has 0 aliphatic carbocycles. The molecule has 0 atom stereocenters. The highest BCUT2D eigenvalue weighted by atomic mass is 35.5. The molecule has 22 heavy (non-hydrogen) atoms. The van der Waals surface area contributed by atoms with Gasteiger partial charge in [0.25, 0.3) is 5.56 Å². The number of H-pyrrole nitrogens is 1. The summed E-state index contributed by atoms with van der Waals surface area (Å²) in [7, 11) is 0. The predicted octanol–water partition coefficient (Wildman–Crippen LogP) is 4.44. The van der Waals surface area contributed by atoms with E-state index in [0.717, 1.165) is 33.1 Å². The third-order valence-corrected chi connectivity index (χ3v) is 4.94. The summed E-state index contributed by atoms with van der Waals surface area (Å²) in [6.45, 7) is 4.10. The minimum absolute atomic E-state index is 0.0607. The average Bonchev–Trinajstić information content (AvgIpc) is 2.82. The Morgan fingerprint density at radius 2 is 1.95 bits per heavy atom. The molecule has 3 aromatic rings. The van der Waals surface area contributed by atoms with Crippen LogP contribution in [0.2, 0.25) is 0 Å². The zero-order chi connectivity index (χ0) is 15.7. The number of aryl methyl sites for hydroxylation is 3. The van der Waals surface area contributed by atoms with Gasteiger partial charge in [-0.2, -0.15) is 0 Å². The summed E-state index contributed by atoms with van der Waals surface area (Å²) in [6, 6.07) is 8.25. The Labute approximate surface area is 138 Å². The molecule has 0 radical (unpaired) electrons. The Balaban J connectivity index is 2.17. The van der Waals surface area contributed by atoms with Crippen LogP contribution in [0.15, 0.2) is 29.1 Å². The molecule has 0 amide bonds. The summed E-state index contributed by atoms with van der Waals surface area (Å²) >= 11 is 7.29. The molecule has 3 nitrogen and oxygen atoms in total. The second kappa shape index (κ2) is 6.23. The van der Waals surface area contributed by atoms with Crippen molar-refractivity contribution in [1.29, 1.82) is 0 Å². The lowest BCUT2D eigenvalue weighted by Gasteiger charge is -2.03. The summed E-state index contributed by atoms with van der Waals surface area (Å²) in [5, 5.41) is 0.695. The maximum Gasteiger partial charge on any atom is 0.260 e. The van der Waals surface area contributed by atoms with E-state index in [1.165, 1.54) is 5.56 Å². The maximum absolute atomic E-state index is 12.5. The fourth-order valence-electron chi connectivity index (χ4n) is 2.58. The van der Waals surface area contributed by atoms with E-state index in [1.807, 2.05) is 6.92 Å². The molecule has 2 aromatic heterocycles. The minimum atomic E-state index is -0.0607. The molecule has 0 saturated heterocycles. The van der Waals surface area contributed by atoms with Gasteiger partial charge in [0.15, 0.2) is 0 Å². The van der Waals surface area contributed by atoms with Gasteiger partial charge in [0, 0.05) is 22.7 Å². The smallest absolute Gasteiger partial charge is 0.260 e. The Bertz CT molecular complexity index is 865. The topological polar surface area (TPSA) is 45.8 Å². The van der Waals surface area contributed by atoms with Crippen LogP contribution in [0.5, 0.6) is 0 Å². The molecule has 0 spiro atoms. The molecule has 0 aliphatic rings. The SMILES string of the molecule is Cc1ccc(-c2c(C)sc3nc(CCCCl)[nH]c(=O)c23)cc1. The lowest BCUT2D eigenvalue weighted by molar-refractivity contribution is 0.843. The van der Waals surface area contributed by atoms with Crippen molar-refractivity contribution in [2.24, 2.45) is 0 Å². The second-order valence-corrected chi connectivity index (χ2v) is 6.97. The van der Waals surface area contributed by atoms with Crippen molar-refractivity contribution in [3.05, 3.63) is 50.9 Å². The Hall–Kier alpha value is -1.65. The van der Waals surface area contributed by atoms with E-state index >= 15 is 0 Å². The van der Waals surface area contributed by atoms with Gasteiger partial charge in [-0.3, -0.25) is 4.79 Å². The molecule has 3 rings (SSSR count).